The minimum absolute atomic E-state index is 0.102. The van der Waals surface area contributed by atoms with E-state index in [9.17, 15) is 8.42 Å². The molecule has 0 amide bonds. The topological polar surface area (TPSA) is 43.4 Å². The Morgan fingerprint density at radius 3 is 1.80 bits per heavy atom. The molecule has 0 aromatic rings. The summed E-state index contributed by atoms with van der Waals surface area (Å²) in [7, 11) is -2.52. The van der Waals surface area contributed by atoms with Gasteiger partial charge in [0.2, 0.25) is 0 Å². The van der Waals surface area contributed by atoms with Crippen LogP contribution < -0.4 is 0 Å². The molecule has 0 saturated heterocycles. The average molecular weight is 319 g/mol. The van der Waals surface area contributed by atoms with E-state index in [0.29, 0.717) is 0 Å². The summed E-state index contributed by atoms with van der Waals surface area (Å²) in [5, 5.41) is 0. The molecule has 0 fully saturated rings. The molecule has 3 nitrogen and oxygen atoms in total. The summed E-state index contributed by atoms with van der Waals surface area (Å²) in [6.07, 6.45) is 0. The summed E-state index contributed by atoms with van der Waals surface area (Å²) in [6.45, 7) is 0. The van der Waals surface area contributed by atoms with Crippen molar-refractivity contribution in [2.75, 3.05) is 0 Å². The molecule has 0 unspecified atom stereocenters. The molecule has 0 aromatic carbocycles. The van der Waals surface area contributed by atoms with Crippen LogP contribution in [-0.2, 0) is 12.7 Å². The van der Waals surface area contributed by atoms with Crippen molar-refractivity contribution < 1.29 is 40.0 Å². The summed E-state index contributed by atoms with van der Waals surface area (Å²) in [6, 6.07) is 0. The predicted molar refractivity (Wildman–Crippen MR) is 11.4 cm³/mol. The molecule has 29 valence electrons. The summed E-state index contributed by atoms with van der Waals surface area (Å²) in [4.78, 5) is 0. The number of hydrogen-bond donors (Lipinski definition) is 1. The number of rotatable bonds is 1. The second kappa shape index (κ2) is 3.16. The molecule has 0 rings (SSSR count). The molecule has 5 heavy (non-hydrogen) atoms. The first-order valence-corrected chi connectivity index (χ1v) is 3.55. The summed E-state index contributed by atoms with van der Waals surface area (Å²) < 4.78 is 22.3. The van der Waals surface area contributed by atoms with Crippen LogP contribution >= 0.6 is 0 Å². The molecule has 0 atom stereocenters. The molecule has 0 spiro atoms. The van der Waals surface area contributed by atoms with Crippen LogP contribution in [0.2, 0.25) is 0 Å². The summed E-state index contributed by atoms with van der Waals surface area (Å²) in [5.74, 6) is 0. The predicted octanol–water partition coefficient (Wildman–Crippen LogP) is -1.01. The van der Waals surface area contributed by atoms with Gasteiger partial charge in [-0.25, -0.2) is 0 Å². The van der Waals surface area contributed by atoms with Gasteiger partial charge in [0.15, 0.2) is 0 Å². The van der Waals surface area contributed by atoms with E-state index in [2.05, 4.69) is 1.69 Å². The molecule has 0 bridgehead atoms. The van der Waals surface area contributed by atoms with Crippen LogP contribution in [0, 0.1) is 29.9 Å². The van der Waals surface area contributed by atoms with Gasteiger partial charge in [-0.1, -0.05) is 0 Å². The zero-order chi connectivity index (χ0) is 4.28. The van der Waals surface area contributed by atoms with Crippen molar-refractivity contribution in [2.24, 2.45) is 0 Å². The van der Waals surface area contributed by atoms with Crippen LogP contribution in [0.25, 0.3) is 0 Å². The van der Waals surface area contributed by atoms with Gasteiger partial charge in [-0.3, -0.25) is 0 Å². The molecular formula is HO3SU. The second-order valence-corrected chi connectivity index (χ2v) is 3.23. The summed E-state index contributed by atoms with van der Waals surface area (Å²) >= 11 is 0.102. The quantitative estimate of drug-likeness (QED) is 0.630. The molecule has 0 aliphatic heterocycles. The van der Waals surface area contributed by atoms with Gasteiger partial charge < -0.3 is 0 Å². The van der Waals surface area contributed by atoms with Crippen molar-refractivity contribution in [3.63, 3.8) is 0 Å². The Hall–Kier alpha value is 0.962. The Balaban J connectivity index is 3.23. The molecule has 0 N–H and O–H groups in total. The first-order valence-electron chi connectivity index (χ1n) is 0.752. The van der Waals surface area contributed by atoms with Crippen LogP contribution in [0.1, 0.15) is 0 Å². The Morgan fingerprint density at radius 1 is 1.60 bits per heavy atom. The van der Waals surface area contributed by atoms with Crippen molar-refractivity contribution >= 4 is 11.0 Å². The zero-order valence-corrected chi connectivity index (χ0v) is 7.23. The van der Waals surface area contributed by atoms with Gasteiger partial charge in [0.05, 0.1) is 0 Å². The molecule has 0 radical (unpaired) electrons. The van der Waals surface area contributed by atoms with Gasteiger partial charge in [-0.05, 0) is 0 Å². The zero-order valence-electron chi connectivity index (χ0n) is 2.17. The third-order valence-corrected chi connectivity index (χ3v) is 2.09. The van der Waals surface area contributed by atoms with E-state index >= 15 is 0 Å². The monoisotopic (exact) mass is 319 g/mol. The van der Waals surface area contributed by atoms with Gasteiger partial charge >= 0.3 is 51.0 Å². The van der Waals surface area contributed by atoms with Gasteiger partial charge in [0.1, 0.15) is 0 Å². The fourth-order valence-corrected chi connectivity index (χ4v) is 0. The van der Waals surface area contributed by atoms with E-state index in [1.807, 2.05) is 0 Å². The first kappa shape index (κ1) is 5.96. The van der Waals surface area contributed by atoms with Crippen molar-refractivity contribution in [1.82, 2.24) is 0 Å². The van der Waals surface area contributed by atoms with E-state index in [1.54, 1.807) is 0 Å². The van der Waals surface area contributed by atoms with Crippen molar-refractivity contribution in [3.05, 3.63) is 0 Å². The van der Waals surface area contributed by atoms with E-state index in [1.165, 1.54) is 0 Å². The van der Waals surface area contributed by atoms with Gasteiger partial charge in [-0.15, -0.1) is 0 Å². The minimum atomic E-state index is -2.52. The van der Waals surface area contributed by atoms with Gasteiger partial charge in [-0.2, -0.15) is 0 Å². The fourth-order valence-electron chi connectivity index (χ4n) is 0. The number of thiol groups is 1. The molecule has 0 heterocycles. The molecular weight excluding hydrogens is 318 g/mol. The van der Waals surface area contributed by atoms with Gasteiger partial charge in [0.25, 0.3) is 0 Å². The van der Waals surface area contributed by atoms with Crippen molar-refractivity contribution in [2.45, 2.75) is 0 Å². The normalized spacial score (nSPS) is 9.40. The fraction of sp³-hybridized carbons (Fsp3) is 0. The van der Waals surface area contributed by atoms with Crippen LogP contribution in [0.3, 0.4) is 0 Å². The first-order chi connectivity index (χ1) is 2.27. The van der Waals surface area contributed by atoms with E-state index in [0.717, 1.165) is 0 Å². The van der Waals surface area contributed by atoms with E-state index < -0.39 is 11.0 Å². The Bertz CT molecular complexity index is 65.0. The molecule has 5 heteroatoms. The number of hydrogen-bond acceptors (Lipinski definition) is 3. The van der Waals surface area contributed by atoms with Gasteiger partial charge in [0, 0.05) is 0 Å². The van der Waals surface area contributed by atoms with Crippen LogP contribution in [-0.4, -0.2) is 8.42 Å². The Labute approximate surface area is 50.9 Å². The summed E-state index contributed by atoms with van der Waals surface area (Å²) in [5.41, 5.74) is 0. The second-order valence-electron chi connectivity index (χ2n) is 0.315. The average Bonchev–Trinajstić information content (AvgIpc) is 1.38. The van der Waals surface area contributed by atoms with Crippen LogP contribution in [0.5, 0.6) is 0 Å². The maximum absolute atomic E-state index is 9.22. The Kier molecular flexibility index (Phi) is 3.77. The molecule has 0 saturated carbocycles. The van der Waals surface area contributed by atoms with E-state index in [-0.39, 0.29) is 29.9 Å². The molecule has 0 aromatic heterocycles. The third-order valence-electron chi connectivity index (χ3n) is 0.0745. The standard InChI is InChI=1S/H2O3S.U/c1-4(2)3;/h4H,(H,1,2,3);/q;+1/p-1. The van der Waals surface area contributed by atoms with Crippen LogP contribution in [0.4, 0.5) is 0 Å². The molecule has 0 aliphatic carbocycles. The molecule has 0 aliphatic rings. The van der Waals surface area contributed by atoms with Crippen molar-refractivity contribution in [3.8, 4) is 0 Å². The SMILES string of the molecule is O=[SH](=O)[O][U]. The van der Waals surface area contributed by atoms with Crippen molar-refractivity contribution in [1.29, 1.82) is 0 Å². The van der Waals surface area contributed by atoms with Crippen LogP contribution in [0.15, 0.2) is 0 Å². The van der Waals surface area contributed by atoms with E-state index in [4.69, 9.17) is 0 Å². The third kappa shape index (κ3) is 4.96. The Morgan fingerprint density at radius 2 is 1.80 bits per heavy atom. The maximum atomic E-state index is 9.22.